The van der Waals surface area contributed by atoms with E-state index in [1.54, 1.807) is 0 Å². The Morgan fingerprint density at radius 1 is 1.16 bits per heavy atom. The van der Waals surface area contributed by atoms with Crippen LogP contribution in [0.2, 0.25) is 0 Å². The predicted octanol–water partition coefficient (Wildman–Crippen LogP) is 1.75. The lowest BCUT2D eigenvalue weighted by atomic mass is 9.93. The van der Waals surface area contributed by atoms with E-state index in [2.05, 4.69) is 47.1 Å². The Bertz CT molecular complexity index is 505. The number of hydrogen-bond donors (Lipinski definition) is 1. The van der Waals surface area contributed by atoms with Crippen molar-refractivity contribution in [2.45, 2.75) is 38.0 Å². The summed E-state index contributed by atoms with van der Waals surface area (Å²) in [6.45, 7) is 9.76. The summed E-state index contributed by atoms with van der Waals surface area (Å²) in [5.74, 6) is 0. The van der Waals surface area contributed by atoms with E-state index in [1.807, 2.05) is 0 Å². The molecule has 0 radical (unpaired) electrons. The van der Waals surface area contributed by atoms with E-state index in [4.69, 9.17) is 9.47 Å². The third kappa shape index (κ3) is 5.76. The summed E-state index contributed by atoms with van der Waals surface area (Å²) in [5, 5.41) is 11.0. The van der Waals surface area contributed by atoms with Gasteiger partial charge >= 0.3 is 0 Å². The second-order valence-corrected chi connectivity index (χ2v) is 7.49. The molecule has 1 N–H and O–H groups in total. The van der Waals surface area contributed by atoms with E-state index in [0.29, 0.717) is 25.8 Å². The predicted molar refractivity (Wildman–Crippen MR) is 98.6 cm³/mol. The lowest BCUT2D eigenvalue weighted by Crippen LogP contribution is -2.50. The summed E-state index contributed by atoms with van der Waals surface area (Å²) in [6, 6.07) is 11.0. The number of morpholine rings is 1. The van der Waals surface area contributed by atoms with Crippen LogP contribution in [0.4, 0.5) is 0 Å². The average Bonchev–Trinajstić information content (AvgIpc) is 2.62. The fourth-order valence-electron chi connectivity index (χ4n) is 3.74. The summed E-state index contributed by atoms with van der Waals surface area (Å²) in [7, 11) is 0. The van der Waals surface area contributed by atoms with Crippen molar-refractivity contribution in [1.82, 2.24) is 9.80 Å². The molecule has 25 heavy (non-hydrogen) atoms. The van der Waals surface area contributed by atoms with E-state index in [9.17, 15) is 5.11 Å². The maximum absolute atomic E-state index is 11.0. The van der Waals surface area contributed by atoms with Crippen molar-refractivity contribution < 1.29 is 14.6 Å². The van der Waals surface area contributed by atoms with Gasteiger partial charge in [0.15, 0.2) is 0 Å². The molecule has 1 atom stereocenters. The molecule has 0 spiro atoms. The van der Waals surface area contributed by atoms with E-state index in [-0.39, 0.29) is 0 Å². The van der Waals surface area contributed by atoms with Crippen molar-refractivity contribution in [2.75, 3.05) is 52.6 Å². The van der Waals surface area contributed by atoms with Crippen LogP contribution in [0.15, 0.2) is 30.3 Å². The monoisotopic (exact) mass is 348 g/mol. The van der Waals surface area contributed by atoms with Crippen LogP contribution in [0.25, 0.3) is 0 Å². The van der Waals surface area contributed by atoms with E-state index in [0.717, 1.165) is 52.2 Å². The van der Waals surface area contributed by atoms with Crippen LogP contribution in [0, 0.1) is 0 Å². The molecule has 1 aromatic rings. The second kappa shape index (κ2) is 9.10. The molecular formula is C20H32N2O3. The maximum Gasteiger partial charge on any atom is 0.0818 e. The van der Waals surface area contributed by atoms with Gasteiger partial charge in [0.25, 0.3) is 0 Å². The minimum absolute atomic E-state index is 0.471. The quantitative estimate of drug-likeness (QED) is 0.813. The number of nitrogens with zero attached hydrogens (tertiary/aromatic N) is 2. The Hall–Kier alpha value is -0.980. The lowest BCUT2D eigenvalue weighted by molar-refractivity contribution is -0.0829. The normalized spacial score (nSPS) is 24.5. The summed E-state index contributed by atoms with van der Waals surface area (Å²) >= 11 is 0. The molecule has 5 heteroatoms. The zero-order valence-corrected chi connectivity index (χ0v) is 15.4. The van der Waals surface area contributed by atoms with Crippen molar-refractivity contribution >= 4 is 0 Å². The standard InChI is InChI=1S/C20H32N2O3/c1-18-16-25-14-11-22(18)10-9-21(15-19-5-3-2-4-6-19)17-20(23)7-12-24-13-8-20/h2-6,18,23H,7-17H2,1H3/t18-/m1/s1. The van der Waals surface area contributed by atoms with Crippen molar-refractivity contribution in [3.63, 3.8) is 0 Å². The van der Waals surface area contributed by atoms with Crippen LogP contribution >= 0.6 is 0 Å². The van der Waals surface area contributed by atoms with Gasteiger partial charge in [-0.2, -0.15) is 0 Å². The number of hydrogen-bond acceptors (Lipinski definition) is 5. The molecule has 0 unspecified atom stereocenters. The molecule has 2 fully saturated rings. The van der Waals surface area contributed by atoms with Gasteiger partial charge in [0.1, 0.15) is 0 Å². The van der Waals surface area contributed by atoms with E-state index >= 15 is 0 Å². The number of aliphatic hydroxyl groups is 1. The fraction of sp³-hybridized carbons (Fsp3) is 0.700. The smallest absolute Gasteiger partial charge is 0.0818 e. The molecule has 140 valence electrons. The van der Waals surface area contributed by atoms with Crippen molar-refractivity contribution in [3.8, 4) is 0 Å². The first-order chi connectivity index (χ1) is 12.1. The Balaban J connectivity index is 1.61. The Morgan fingerprint density at radius 2 is 1.92 bits per heavy atom. The van der Waals surface area contributed by atoms with Gasteiger partial charge in [-0.1, -0.05) is 30.3 Å². The van der Waals surface area contributed by atoms with Gasteiger partial charge in [-0.05, 0) is 12.5 Å². The fourth-order valence-corrected chi connectivity index (χ4v) is 3.74. The third-order valence-corrected chi connectivity index (χ3v) is 5.40. The summed E-state index contributed by atoms with van der Waals surface area (Å²) in [4.78, 5) is 4.90. The van der Waals surface area contributed by atoms with Crippen LogP contribution in [-0.2, 0) is 16.0 Å². The van der Waals surface area contributed by atoms with Crippen LogP contribution in [0.3, 0.4) is 0 Å². The Labute approximate surface area is 151 Å². The van der Waals surface area contributed by atoms with Crippen molar-refractivity contribution in [3.05, 3.63) is 35.9 Å². The van der Waals surface area contributed by atoms with Gasteiger partial charge in [0.05, 0.1) is 18.8 Å². The number of benzene rings is 1. The Morgan fingerprint density at radius 3 is 2.64 bits per heavy atom. The SMILES string of the molecule is C[C@@H]1COCCN1CCN(Cc1ccccc1)CC1(O)CCOCC1. The van der Waals surface area contributed by atoms with Crippen molar-refractivity contribution in [2.24, 2.45) is 0 Å². The van der Waals surface area contributed by atoms with Gasteiger partial charge < -0.3 is 14.6 Å². The highest BCUT2D eigenvalue weighted by Crippen LogP contribution is 2.23. The highest BCUT2D eigenvalue weighted by Gasteiger charge is 2.32. The van der Waals surface area contributed by atoms with E-state index < -0.39 is 5.60 Å². The molecule has 1 aromatic carbocycles. The van der Waals surface area contributed by atoms with Gasteiger partial charge in [-0.25, -0.2) is 0 Å². The second-order valence-electron chi connectivity index (χ2n) is 7.49. The van der Waals surface area contributed by atoms with Crippen molar-refractivity contribution in [1.29, 1.82) is 0 Å². The molecule has 2 saturated heterocycles. The van der Waals surface area contributed by atoms with Gasteiger partial charge in [-0.15, -0.1) is 0 Å². The third-order valence-electron chi connectivity index (χ3n) is 5.40. The molecule has 2 aliphatic rings. The first-order valence-corrected chi connectivity index (χ1v) is 9.53. The van der Waals surface area contributed by atoms with Gasteiger partial charge in [0.2, 0.25) is 0 Å². The van der Waals surface area contributed by atoms with Crippen LogP contribution in [0.5, 0.6) is 0 Å². The highest BCUT2D eigenvalue weighted by molar-refractivity contribution is 5.14. The minimum Gasteiger partial charge on any atom is -0.388 e. The largest absolute Gasteiger partial charge is 0.388 e. The van der Waals surface area contributed by atoms with Gasteiger partial charge in [-0.3, -0.25) is 9.80 Å². The van der Waals surface area contributed by atoms with Crippen LogP contribution < -0.4 is 0 Å². The molecule has 0 aromatic heterocycles. The van der Waals surface area contributed by atoms with Gasteiger partial charge in [0, 0.05) is 64.8 Å². The molecule has 0 bridgehead atoms. The van der Waals surface area contributed by atoms with E-state index in [1.165, 1.54) is 5.56 Å². The number of ether oxygens (including phenoxy) is 2. The molecule has 0 saturated carbocycles. The van der Waals surface area contributed by atoms with Crippen LogP contribution in [0.1, 0.15) is 25.3 Å². The highest BCUT2D eigenvalue weighted by atomic mass is 16.5. The molecule has 5 nitrogen and oxygen atoms in total. The molecule has 2 aliphatic heterocycles. The zero-order chi connectivity index (χ0) is 17.5. The summed E-state index contributed by atoms with van der Waals surface area (Å²) in [6.07, 6.45) is 1.46. The first-order valence-electron chi connectivity index (χ1n) is 9.53. The maximum atomic E-state index is 11.0. The molecule has 0 amide bonds. The molecule has 0 aliphatic carbocycles. The first kappa shape index (κ1) is 18.8. The lowest BCUT2D eigenvalue weighted by Gasteiger charge is -2.39. The molecule has 2 heterocycles. The molecular weight excluding hydrogens is 316 g/mol. The van der Waals surface area contributed by atoms with Crippen LogP contribution in [-0.4, -0.2) is 79.2 Å². The molecule has 3 rings (SSSR count). The summed E-state index contributed by atoms with van der Waals surface area (Å²) < 4.78 is 11.0. The zero-order valence-electron chi connectivity index (χ0n) is 15.4. The average molecular weight is 348 g/mol. The Kier molecular flexibility index (Phi) is 6.84. The minimum atomic E-state index is -0.621. The number of rotatable bonds is 7. The topological polar surface area (TPSA) is 45.2 Å². The summed E-state index contributed by atoms with van der Waals surface area (Å²) in [5.41, 5.74) is 0.678.